The number of carbonyl (C=O) groups excluding carboxylic acids is 1. The minimum atomic E-state index is 0.0144. The minimum Gasteiger partial charge on any atom is -0.396 e. The molecule has 16 atom stereocenters. The van der Waals surface area contributed by atoms with Crippen LogP contribution in [0.3, 0.4) is 0 Å². The van der Waals surface area contributed by atoms with E-state index in [1.54, 1.807) is 6.33 Å². The van der Waals surface area contributed by atoms with Crippen molar-refractivity contribution in [1.29, 1.82) is 0 Å². The van der Waals surface area contributed by atoms with Crippen molar-refractivity contribution in [2.75, 3.05) is 45.4 Å². The van der Waals surface area contributed by atoms with Gasteiger partial charge in [-0.25, -0.2) is 4.98 Å². The number of rotatable bonds is 28. The summed E-state index contributed by atoms with van der Waals surface area (Å²) < 4.78 is 2.05. The third kappa shape index (κ3) is 37.5. The number of aliphatic hydroxyl groups is 6. The lowest BCUT2D eigenvalue weighted by Crippen LogP contribution is -2.03. The third-order valence-electron chi connectivity index (χ3n) is 19.1. The lowest BCUT2D eigenvalue weighted by molar-refractivity contribution is -0.109. The van der Waals surface area contributed by atoms with Gasteiger partial charge in [0.15, 0.2) is 10.8 Å². The van der Waals surface area contributed by atoms with E-state index in [1.165, 1.54) is 166 Å². The Kier molecular flexibility index (Phi) is 47.3. The zero-order valence-electron chi connectivity index (χ0n) is 57.0. The number of aromatic nitrogens is 4. The van der Waals surface area contributed by atoms with Gasteiger partial charge in [-0.15, -0.1) is 0 Å². The van der Waals surface area contributed by atoms with Crippen molar-refractivity contribution >= 4 is 35.0 Å². The Morgan fingerprint density at radius 3 is 1.20 bits per heavy atom. The molecule has 0 saturated heterocycles. The van der Waals surface area contributed by atoms with Gasteiger partial charge in [-0.05, 0) is 166 Å². The monoisotopic (exact) mass is 1230 g/mol. The van der Waals surface area contributed by atoms with Crippen LogP contribution < -0.4 is 5.73 Å². The summed E-state index contributed by atoms with van der Waals surface area (Å²) in [6.45, 7) is 29.0. The van der Waals surface area contributed by atoms with Crippen LogP contribution in [-0.4, -0.2) is 96.1 Å². The molecule has 12 nitrogen and oxygen atoms in total. The smallest absolute Gasteiger partial charge is 0.223 e. The number of nitrogens with two attached hydrogens (primary N) is 1. The highest BCUT2D eigenvalue weighted by molar-refractivity contribution is 6.33. The maximum Gasteiger partial charge on any atom is 0.223 e. The fourth-order valence-corrected chi connectivity index (χ4v) is 11.8. The number of aliphatic hydroxyl groups excluding tert-OH is 6. The Morgan fingerprint density at radius 1 is 0.488 bits per heavy atom. The van der Waals surface area contributed by atoms with E-state index in [2.05, 4.69) is 127 Å². The quantitative estimate of drug-likeness (QED) is 0.0242. The number of allylic oxidation sites excluding steroid dienone is 4. The van der Waals surface area contributed by atoms with E-state index >= 15 is 0 Å². The summed E-state index contributed by atoms with van der Waals surface area (Å²) in [4.78, 5) is 22.4. The average Bonchev–Trinajstić information content (AvgIpc) is 3.89. The molecule has 0 bridgehead atoms. The number of halogens is 1. The van der Waals surface area contributed by atoms with Gasteiger partial charge < -0.3 is 45.7 Å². The number of nitrogen functional groups attached to an aromatic ring is 1. The molecule has 2 aromatic heterocycles. The minimum absolute atomic E-state index is 0.0144. The van der Waals surface area contributed by atoms with Gasteiger partial charge in [0.1, 0.15) is 11.8 Å². The van der Waals surface area contributed by atoms with Crippen molar-refractivity contribution in [3.8, 4) is 0 Å². The predicted molar refractivity (Wildman–Crippen MR) is 365 cm³/mol. The highest BCUT2D eigenvalue weighted by Crippen LogP contribution is 2.47. The first-order valence-electron chi connectivity index (χ1n) is 35.3. The van der Waals surface area contributed by atoms with Crippen LogP contribution in [0, 0.1) is 94.7 Å². The number of fused-ring (bicyclic) bond motifs is 1. The van der Waals surface area contributed by atoms with E-state index in [9.17, 15) is 4.79 Å². The van der Waals surface area contributed by atoms with Gasteiger partial charge in [0.05, 0.1) is 19.5 Å². The van der Waals surface area contributed by atoms with Crippen LogP contribution in [-0.2, 0) is 11.3 Å². The SMILES string of the molecule is C/C=C/CC1CC1CC.CC/C=C\CC.CCC1CC1C=O.CCC1CC1CC.CCC1CC1CO.CCCCC1CC1CC.CCCCC1CC1CO.CCCCC1CC1Cn1cnc2c(Cl)nc(N)nc21.OC/C=C\CO.OCC1CC1CO. The summed E-state index contributed by atoms with van der Waals surface area (Å²) in [7, 11) is 0. The molecule has 10 rings (SSSR count). The summed E-state index contributed by atoms with van der Waals surface area (Å²) in [6.07, 6.45) is 49.3. The standard InChI is InChI=1S/C13H18ClN5.C9H18.C9H16.C8H16O.C7H14.C6H12O.C6H10O.C6H12.C5H10O2.C4H8O2/c1-2-3-4-8-5-9(8)6-19-7-16-10-11(14)17-13(15)18-12(10)19;2*1-3-5-6-9-7-8(9)4-2;1-2-3-4-7-5-8(7)6-9;1-3-6-5-7(6)4-2;2*1-2-5-3-6(5)4-7;1-3-5-6-4-2;6-2-4-1-5(4)3-7;5-3-1-2-4-6/h7-9H,2-6H2,1H3,(H2,15,17,18);8-9H,3-7H2,1-2H3;3,5,8-9H,4,6-7H2,1-2H3;7-9H,2-6H2,1H3;6-7H,3-5H2,1-2H3;5-7H,2-4H2,1H3;4-6H,2-3H2,1H3;5-6H,3-4H2,1-2H3;4-7H,1-3H2;1-2,5-6H,3-4H2/b;;5-3+;;;;;6-5-;;2-1-. The zero-order chi connectivity index (χ0) is 64.2. The average molecular weight is 1230 g/mol. The van der Waals surface area contributed by atoms with Crippen molar-refractivity contribution in [2.24, 2.45) is 94.7 Å². The molecule has 2 aromatic rings. The maximum atomic E-state index is 9.94. The number of anilines is 1. The van der Waals surface area contributed by atoms with Crippen molar-refractivity contribution in [1.82, 2.24) is 19.5 Å². The molecule has 0 amide bonds. The molecule has 8 aliphatic carbocycles. The lowest BCUT2D eigenvalue weighted by atomic mass is 10.1. The first kappa shape index (κ1) is 81.3. The lowest BCUT2D eigenvalue weighted by Gasteiger charge is -2.03. The molecule has 0 aliphatic heterocycles. The molecule has 500 valence electrons. The van der Waals surface area contributed by atoms with Crippen LogP contribution >= 0.6 is 11.6 Å². The molecule has 0 aromatic carbocycles. The first-order chi connectivity index (χ1) is 41.7. The molecular formula is C73H134ClN5O7. The van der Waals surface area contributed by atoms with Crippen molar-refractivity contribution in [3.05, 3.63) is 47.9 Å². The van der Waals surface area contributed by atoms with Gasteiger partial charge in [0.25, 0.3) is 0 Å². The molecule has 86 heavy (non-hydrogen) atoms. The second kappa shape index (κ2) is 50.0. The van der Waals surface area contributed by atoms with Crippen LogP contribution in [0.25, 0.3) is 11.2 Å². The van der Waals surface area contributed by atoms with Crippen LogP contribution in [0.2, 0.25) is 5.15 Å². The summed E-state index contributed by atoms with van der Waals surface area (Å²) in [6, 6.07) is 0. The fourth-order valence-electron chi connectivity index (χ4n) is 11.6. The fraction of sp³-hybridized carbons (Fsp3) is 0.836. The van der Waals surface area contributed by atoms with Crippen LogP contribution in [0.4, 0.5) is 5.95 Å². The van der Waals surface area contributed by atoms with E-state index in [-0.39, 0.29) is 32.4 Å². The molecule has 16 unspecified atom stereocenters. The molecule has 8 aliphatic rings. The number of hydrogen-bond donors (Lipinski definition) is 7. The van der Waals surface area contributed by atoms with Gasteiger partial charge in [0, 0.05) is 38.9 Å². The Labute approximate surface area is 532 Å². The summed E-state index contributed by atoms with van der Waals surface area (Å²) in [5, 5.41) is 50.3. The molecule has 0 radical (unpaired) electrons. The number of unbranched alkanes of at least 4 members (excludes halogenated alkanes) is 3. The molecule has 8 fully saturated rings. The van der Waals surface area contributed by atoms with Gasteiger partial charge in [0.2, 0.25) is 5.95 Å². The third-order valence-corrected chi connectivity index (χ3v) is 19.3. The maximum absolute atomic E-state index is 9.94. The van der Waals surface area contributed by atoms with Gasteiger partial charge >= 0.3 is 0 Å². The second-order valence-electron chi connectivity index (χ2n) is 26.1. The summed E-state index contributed by atoms with van der Waals surface area (Å²) >= 11 is 6.02. The van der Waals surface area contributed by atoms with Gasteiger partial charge in [-0.2, -0.15) is 9.97 Å². The highest BCUT2D eigenvalue weighted by Gasteiger charge is 2.39. The molecule has 8 saturated carbocycles. The molecular weight excluding hydrogens is 1090 g/mol. The predicted octanol–water partition coefficient (Wildman–Crippen LogP) is 17.1. The zero-order valence-corrected chi connectivity index (χ0v) is 57.8. The molecule has 8 N–H and O–H groups in total. The van der Waals surface area contributed by atoms with Crippen molar-refractivity contribution in [2.45, 2.75) is 257 Å². The topological polar surface area (TPSA) is 208 Å². The summed E-state index contributed by atoms with van der Waals surface area (Å²) in [5.41, 5.74) is 7.03. The van der Waals surface area contributed by atoms with Crippen molar-refractivity contribution < 1.29 is 35.4 Å². The van der Waals surface area contributed by atoms with E-state index < -0.39 is 0 Å². The summed E-state index contributed by atoms with van der Waals surface area (Å²) in [5.74, 6) is 13.6. The van der Waals surface area contributed by atoms with E-state index in [1.807, 2.05) is 0 Å². The number of hydrogen-bond acceptors (Lipinski definition) is 11. The first-order valence-corrected chi connectivity index (χ1v) is 35.7. The van der Waals surface area contributed by atoms with Crippen molar-refractivity contribution in [3.63, 3.8) is 0 Å². The number of nitrogens with zero attached hydrogens (tertiary/aromatic N) is 4. The highest BCUT2D eigenvalue weighted by atomic mass is 35.5. The Hall–Kier alpha value is -2.71. The van der Waals surface area contributed by atoms with E-state index in [0.29, 0.717) is 53.5 Å². The second-order valence-corrected chi connectivity index (χ2v) is 26.4. The largest absolute Gasteiger partial charge is 0.396 e. The van der Waals surface area contributed by atoms with Crippen LogP contribution in [0.15, 0.2) is 42.8 Å². The normalized spacial score (nSPS) is 29.2. The molecule has 2 heterocycles. The molecule has 0 spiro atoms. The van der Waals surface area contributed by atoms with Crippen LogP contribution in [0.1, 0.15) is 250 Å². The molecule has 13 heteroatoms. The van der Waals surface area contributed by atoms with E-state index in [0.717, 1.165) is 96.4 Å². The van der Waals surface area contributed by atoms with Gasteiger partial charge in [-0.1, -0.05) is 221 Å². The van der Waals surface area contributed by atoms with E-state index in [4.69, 9.17) is 48.0 Å². The Morgan fingerprint density at radius 2 is 0.860 bits per heavy atom. The number of aldehydes is 1. The van der Waals surface area contributed by atoms with Gasteiger partial charge in [-0.3, -0.25) is 0 Å². The Balaban J connectivity index is 0.000000492. The number of imidazole rings is 1. The Bertz CT molecular complexity index is 1920. The number of carbonyl (C=O) groups is 1. The van der Waals surface area contributed by atoms with Crippen LogP contribution in [0.5, 0.6) is 0 Å².